The smallest absolute Gasteiger partial charge is 0.290 e. The summed E-state index contributed by atoms with van der Waals surface area (Å²) in [6.07, 6.45) is -4.64. The lowest BCUT2D eigenvalue weighted by molar-refractivity contribution is -0.199. The Kier molecular flexibility index (Phi) is 3.09. The summed E-state index contributed by atoms with van der Waals surface area (Å²) in [5.41, 5.74) is -1.66. The number of halogens is 4. The van der Waals surface area contributed by atoms with Gasteiger partial charge in [0.2, 0.25) is 0 Å². The molecule has 0 saturated carbocycles. The highest BCUT2D eigenvalue weighted by Crippen LogP contribution is 2.32. The van der Waals surface area contributed by atoms with Gasteiger partial charge in [0.05, 0.1) is 0 Å². The van der Waals surface area contributed by atoms with Crippen molar-refractivity contribution in [3.63, 3.8) is 0 Å². The molecule has 6 heteroatoms. The van der Waals surface area contributed by atoms with E-state index in [1.54, 1.807) is 0 Å². The van der Waals surface area contributed by atoms with Crippen molar-refractivity contribution in [2.75, 3.05) is 13.1 Å². The molecule has 1 aliphatic heterocycles. The lowest BCUT2D eigenvalue weighted by atomic mass is 10.00. The Labute approximate surface area is 96.0 Å². The summed E-state index contributed by atoms with van der Waals surface area (Å²) >= 11 is 0. The predicted molar refractivity (Wildman–Crippen MR) is 54.9 cm³/mol. The summed E-state index contributed by atoms with van der Waals surface area (Å²) in [6, 6.07) is 5.05. The minimum Gasteiger partial charge on any atom is -0.290 e. The lowest BCUT2D eigenvalue weighted by Gasteiger charge is -2.32. The van der Waals surface area contributed by atoms with Gasteiger partial charge in [-0.15, -0.1) is 0 Å². The summed E-state index contributed by atoms with van der Waals surface area (Å²) < 4.78 is 51.6. The van der Waals surface area contributed by atoms with Gasteiger partial charge < -0.3 is 0 Å². The highest BCUT2D eigenvalue weighted by Gasteiger charge is 2.56. The van der Waals surface area contributed by atoms with Crippen LogP contribution < -0.4 is 10.6 Å². The van der Waals surface area contributed by atoms with Crippen LogP contribution in [0, 0.1) is 5.82 Å². The van der Waals surface area contributed by atoms with Crippen LogP contribution in [0.1, 0.15) is 5.56 Å². The van der Waals surface area contributed by atoms with Crippen molar-refractivity contribution in [3.8, 4) is 0 Å². The van der Waals surface area contributed by atoms with Crippen molar-refractivity contribution >= 4 is 0 Å². The molecular formula is C11H12F4N2. The van der Waals surface area contributed by atoms with Gasteiger partial charge in [-0.25, -0.2) is 4.39 Å². The molecular weight excluding hydrogens is 236 g/mol. The highest BCUT2D eigenvalue weighted by molar-refractivity contribution is 5.20. The summed E-state index contributed by atoms with van der Waals surface area (Å²) in [5.74, 6) is -0.456. The standard InChI is InChI=1S/C11H12F4N2/c12-9-3-1-8(2-4-9)7-10(11(13,14)15)16-5-6-17-10/h1-4,16-17H,5-7H2. The summed E-state index contributed by atoms with van der Waals surface area (Å²) in [6.45, 7) is 0.529. The van der Waals surface area contributed by atoms with Crippen molar-refractivity contribution in [1.82, 2.24) is 10.6 Å². The van der Waals surface area contributed by atoms with Gasteiger partial charge in [-0.3, -0.25) is 10.6 Å². The second-order valence-corrected chi connectivity index (χ2v) is 4.06. The Morgan fingerprint density at radius 2 is 1.59 bits per heavy atom. The Balaban J connectivity index is 2.22. The van der Waals surface area contributed by atoms with Crippen molar-refractivity contribution in [3.05, 3.63) is 35.6 Å². The van der Waals surface area contributed by atoms with Gasteiger partial charge in [0.1, 0.15) is 5.82 Å². The van der Waals surface area contributed by atoms with Crippen LogP contribution in [0.15, 0.2) is 24.3 Å². The van der Waals surface area contributed by atoms with Crippen LogP contribution in [0.3, 0.4) is 0 Å². The van der Waals surface area contributed by atoms with Crippen molar-refractivity contribution in [2.45, 2.75) is 18.3 Å². The minimum atomic E-state index is -4.39. The van der Waals surface area contributed by atoms with E-state index in [2.05, 4.69) is 10.6 Å². The Hall–Kier alpha value is -1.14. The quantitative estimate of drug-likeness (QED) is 0.780. The van der Waals surface area contributed by atoms with E-state index in [-0.39, 0.29) is 19.5 Å². The first-order valence-electron chi connectivity index (χ1n) is 5.24. The first-order chi connectivity index (χ1) is 7.93. The van der Waals surface area contributed by atoms with Gasteiger partial charge in [-0.1, -0.05) is 12.1 Å². The van der Waals surface area contributed by atoms with Crippen LogP contribution in [0.2, 0.25) is 0 Å². The van der Waals surface area contributed by atoms with Gasteiger partial charge in [-0.05, 0) is 17.7 Å². The van der Waals surface area contributed by atoms with E-state index in [0.29, 0.717) is 5.56 Å². The molecule has 0 amide bonds. The molecule has 1 aromatic carbocycles. The molecule has 1 heterocycles. The normalized spacial score (nSPS) is 19.5. The van der Waals surface area contributed by atoms with Gasteiger partial charge in [0, 0.05) is 19.5 Å². The molecule has 0 atom stereocenters. The van der Waals surface area contributed by atoms with Crippen molar-refractivity contribution in [1.29, 1.82) is 0 Å². The van der Waals surface area contributed by atoms with E-state index < -0.39 is 17.7 Å². The minimum absolute atomic E-state index is 0.253. The van der Waals surface area contributed by atoms with Crippen LogP contribution >= 0.6 is 0 Å². The fourth-order valence-corrected chi connectivity index (χ4v) is 1.95. The van der Waals surface area contributed by atoms with Crippen LogP contribution in [0.25, 0.3) is 0 Å². The van der Waals surface area contributed by atoms with Gasteiger partial charge in [0.15, 0.2) is 5.66 Å². The van der Waals surface area contributed by atoms with Crippen molar-refractivity contribution < 1.29 is 17.6 Å². The third-order valence-corrected chi connectivity index (χ3v) is 2.85. The largest absolute Gasteiger partial charge is 0.420 e. The topological polar surface area (TPSA) is 24.1 Å². The maximum absolute atomic E-state index is 13.0. The second-order valence-electron chi connectivity index (χ2n) is 4.06. The molecule has 2 rings (SSSR count). The molecule has 1 aliphatic rings. The van der Waals surface area contributed by atoms with Crippen LogP contribution in [0.5, 0.6) is 0 Å². The van der Waals surface area contributed by atoms with E-state index in [0.717, 1.165) is 12.1 Å². The van der Waals surface area contributed by atoms with Crippen LogP contribution in [0.4, 0.5) is 17.6 Å². The zero-order valence-corrected chi connectivity index (χ0v) is 8.94. The number of alkyl halides is 3. The molecule has 0 unspecified atom stereocenters. The molecule has 0 aliphatic carbocycles. The van der Waals surface area contributed by atoms with E-state index >= 15 is 0 Å². The zero-order chi connectivity index (χ0) is 12.5. The second kappa shape index (κ2) is 4.27. The zero-order valence-electron chi connectivity index (χ0n) is 8.94. The molecule has 2 nitrogen and oxygen atoms in total. The molecule has 2 N–H and O–H groups in total. The summed E-state index contributed by atoms with van der Waals surface area (Å²) in [7, 11) is 0. The monoisotopic (exact) mass is 248 g/mol. The third kappa shape index (κ3) is 2.42. The maximum atomic E-state index is 13.0. The average molecular weight is 248 g/mol. The molecule has 17 heavy (non-hydrogen) atoms. The Morgan fingerprint density at radius 3 is 2.06 bits per heavy atom. The number of rotatable bonds is 2. The molecule has 0 spiro atoms. The third-order valence-electron chi connectivity index (χ3n) is 2.85. The fourth-order valence-electron chi connectivity index (χ4n) is 1.95. The molecule has 1 saturated heterocycles. The predicted octanol–water partition coefficient (Wildman–Crippen LogP) is 1.82. The number of benzene rings is 1. The van der Waals surface area contributed by atoms with Crippen LogP contribution in [-0.2, 0) is 6.42 Å². The van der Waals surface area contributed by atoms with E-state index in [1.807, 2.05) is 0 Å². The fraction of sp³-hybridized carbons (Fsp3) is 0.455. The summed E-state index contributed by atoms with van der Waals surface area (Å²) in [5, 5.41) is 4.89. The molecule has 0 aromatic heterocycles. The summed E-state index contributed by atoms with van der Waals surface area (Å²) in [4.78, 5) is 0. The molecule has 0 bridgehead atoms. The van der Waals surface area contributed by atoms with Gasteiger partial charge >= 0.3 is 6.18 Å². The van der Waals surface area contributed by atoms with E-state index in [9.17, 15) is 17.6 Å². The molecule has 1 fully saturated rings. The maximum Gasteiger partial charge on any atom is 0.420 e. The lowest BCUT2D eigenvalue weighted by Crippen LogP contribution is -2.62. The Bertz CT molecular complexity index is 379. The highest BCUT2D eigenvalue weighted by atomic mass is 19.4. The average Bonchev–Trinajstić information content (AvgIpc) is 2.70. The SMILES string of the molecule is Fc1ccc(CC2(C(F)(F)F)NCCN2)cc1. The van der Waals surface area contributed by atoms with Crippen LogP contribution in [-0.4, -0.2) is 24.9 Å². The molecule has 0 radical (unpaired) electrons. The van der Waals surface area contributed by atoms with E-state index in [1.165, 1.54) is 12.1 Å². The number of hydrogen-bond donors (Lipinski definition) is 2. The number of hydrogen-bond acceptors (Lipinski definition) is 2. The first-order valence-corrected chi connectivity index (χ1v) is 5.24. The Morgan fingerprint density at radius 1 is 1.06 bits per heavy atom. The molecule has 1 aromatic rings. The van der Waals surface area contributed by atoms with E-state index in [4.69, 9.17) is 0 Å². The van der Waals surface area contributed by atoms with Gasteiger partial charge in [-0.2, -0.15) is 13.2 Å². The first kappa shape index (κ1) is 12.3. The van der Waals surface area contributed by atoms with Gasteiger partial charge in [0.25, 0.3) is 0 Å². The molecule has 94 valence electrons. The van der Waals surface area contributed by atoms with Crippen molar-refractivity contribution in [2.24, 2.45) is 0 Å². The number of nitrogens with one attached hydrogen (secondary N) is 2.